The van der Waals surface area contributed by atoms with E-state index < -0.39 is 5.97 Å². The molecule has 3 N–H and O–H groups in total. The summed E-state index contributed by atoms with van der Waals surface area (Å²) < 4.78 is 0. The second-order valence-corrected chi connectivity index (χ2v) is 3.41. The fourth-order valence-electron chi connectivity index (χ4n) is 1.14. The Morgan fingerprint density at radius 1 is 1.07 bits per heavy atom. The molecule has 0 aliphatic heterocycles. The molecule has 0 aromatic rings. The smallest absolute Gasteiger partial charge is 0.303 e. The minimum absolute atomic E-state index is 0.0422. The van der Waals surface area contributed by atoms with Gasteiger partial charge in [0, 0.05) is 19.4 Å². The van der Waals surface area contributed by atoms with Crippen LogP contribution < -0.4 is 10.6 Å². The summed E-state index contributed by atoms with van der Waals surface area (Å²) in [7, 11) is 1.85. The van der Waals surface area contributed by atoms with Crippen molar-refractivity contribution < 1.29 is 14.7 Å². The fraction of sp³-hybridized carbons (Fsp3) is 0.800. The Morgan fingerprint density at radius 3 is 2.40 bits per heavy atom. The van der Waals surface area contributed by atoms with Gasteiger partial charge in [-0.1, -0.05) is 0 Å². The number of aliphatic carboxylic acids is 1. The maximum Gasteiger partial charge on any atom is 0.303 e. The number of carboxylic acid groups (broad SMARTS) is 1. The van der Waals surface area contributed by atoms with Gasteiger partial charge in [-0.2, -0.15) is 0 Å². The van der Waals surface area contributed by atoms with E-state index in [0.717, 1.165) is 19.4 Å². The molecule has 0 aromatic heterocycles. The second-order valence-electron chi connectivity index (χ2n) is 3.41. The molecule has 0 radical (unpaired) electrons. The van der Waals surface area contributed by atoms with E-state index in [-0.39, 0.29) is 12.3 Å². The van der Waals surface area contributed by atoms with Crippen molar-refractivity contribution in [3.8, 4) is 0 Å². The zero-order valence-corrected chi connectivity index (χ0v) is 9.21. The van der Waals surface area contributed by atoms with Crippen molar-refractivity contribution in [2.45, 2.75) is 32.1 Å². The normalized spacial score (nSPS) is 9.93. The summed E-state index contributed by atoms with van der Waals surface area (Å²) in [5.74, 6) is -0.740. The molecule has 1 amide bonds. The molecule has 0 saturated carbocycles. The lowest BCUT2D eigenvalue weighted by Gasteiger charge is -2.04. The van der Waals surface area contributed by atoms with Crippen LogP contribution in [-0.2, 0) is 9.59 Å². The van der Waals surface area contributed by atoms with Gasteiger partial charge in [0.2, 0.25) is 5.91 Å². The summed E-state index contributed by atoms with van der Waals surface area (Å²) in [5, 5.41) is 14.1. The van der Waals surface area contributed by atoms with E-state index in [1.54, 1.807) is 0 Å². The van der Waals surface area contributed by atoms with E-state index in [1.807, 2.05) is 7.05 Å². The molecule has 0 rings (SSSR count). The fourth-order valence-corrected chi connectivity index (χ4v) is 1.14. The monoisotopic (exact) mass is 216 g/mol. The molecule has 0 aliphatic rings. The van der Waals surface area contributed by atoms with Crippen LogP contribution in [0.25, 0.3) is 0 Å². The molecule has 88 valence electrons. The standard InChI is InChI=1S/C10H20N2O3/c1-11-7-4-5-9(13)12-8-3-2-6-10(14)15/h11H,2-8H2,1H3,(H,12,13)(H,14,15). The third-order valence-electron chi connectivity index (χ3n) is 1.97. The van der Waals surface area contributed by atoms with Gasteiger partial charge in [-0.3, -0.25) is 9.59 Å². The maximum absolute atomic E-state index is 11.2. The summed E-state index contributed by atoms with van der Waals surface area (Å²) in [4.78, 5) is 21.3. The van der Waals surface area contributed by atoms with E-state index in [4.69, 9.17) is 5.11 Å². The maximum atomic E-state index is 11.2. The first kappa shape index (κ1) is 13.9. The minimum Gasteiger partial charge on any atom is -0.481 e. The van der Waals surface area contributed by atoms with Gasteiger partial charge >= 0.3 is 5.97 Å². The molecule has 0 saturated heterocycles. The molecule has 0 aliphatic carbocycles. The van der Waals surface area contributed by atoms with E-state index in [2.05, 4.69) is 10.6 Å². The summed E-state index contributed by atoms with van der Waals surface area (Å²) in [6.45, 7) is 1.41. The van der Waals surface area contributed by atoms with Gasteiger partial charge in [0.25, 0.3) is 0 Å². The predicted octanol–water partition coefficient (Wildman–Crippen LogP) is 0.357. The van der Waals surface area contributed by atoms with Crippen molar-refractivity contribution in [1.82, 2.24) is 10.6 Å². The number of amides is 1. The minimum atomic E-state index is -0.782. The molecule has 0 heterocycles. The Bertz CT molecular complexity index is 195. The molecule has 0 bridgehead atoms. The van der Waals surface area contributed by atoms with Gasteiger partial charge < -0.3 is 15.7 Å². The molecule has 15 heavy (non-hydrogen) atoms. The third-order valence-corrected chi connectivity index (χ3v) is 1.97. The van der Waals surface area contributed by atoms with Crippen LogP contribution in [0.1, 0.15) is 32.1 Å². The summed E-state index contributed by atoms with van der Waals surface area (Å²) in [6, 6.07) is 0. The van der Waals surface area contributed by atoms with Crippen LogP contribution in [0.5, 0.6) is 0 Å². The average Bonchev–Trinajstić information content (AvgIpc) is 2.17. The van der Waals surface area contributed by atoms with Gasteiger partial charge in [0.15, 0.2) is 0 Å². The highest BCUT2D eigenvalue weighted by atomic mass is 16.4. The molecule has 5 heteroatoms. The first-order valence-corrected chi connectivity index (χ1v) is 5.30. The molecule has 0 atom stereocenters. The number of hydrogen-bond donors (Lipinski definition) is 3. The van der Waals surface area contributed by atoms with Gasteiger partial charge in [-0.25, -0.2) is 0 Å². The predicted molar refractivity (Wildman–Crippen MR) is 57.7 cm³/mol. The van der Waals surface area contributed by atoms with Crippen molar-refractivity contribution >= 4 is 11.9 Å². The first-order chi connectivity index (χ1) is 7.16. The topological polar surface area (TPSA) is 78.4 Å². The van der Waals surface area contributed by atoms with Crippen LogP contribution >= 0.6 is 0 Å². The lowest BCUT2D eigenvalue weighted by atomic mass is 10.2. The number of nitrogens with one attached hydrogen (secondary N) is 2. The Morgan fingerprint density at radius 2 is 1.80 bits per heavy atom. The molecule has 5 nitrogen and oxygen atoms in total. The third kappa shape index (κ3) is 10.8. The van der Waals surface area contributed by atoms with Crippen LogP contribution in [0.4, 0.5) is 0 Å². The van der Waals surface area contributed by atoms with Crippen LogP contribution in [0.3, 0.4) is 0 Å². The van der Waals surface area contributed by atoms with Crippen molar-refractivity contribution in [2.24, 2.45) is 0 Å². The van der Waals surface area contributed by atoms with E-state index in [1.165, 1.54) is 0 Å². The Hall–Kier alpha value is -1.10. The van der Waals surface area contributed by atoms with Crippen molar-refractivity contribution in [3.63, 3.8) is 0 Å². The van der Waals surface area contributed by atoms with Gasteiger partial charge in [0.1, 0.15) is 0 Å². The lowest BCUT2D eigenvalue weighted by molar-refractivity contribution is -0.137. The quantitative estimate of drug-likeness (QED) is 0.486. The molecule has 0 fully saturated rings. The van der Waals surface area contributed by atoms with Crippen molar-refractivity contribution in [2.75, 3.05) is 20.1 Å². The Balaban J connectivity index is 3.20. The van der Waals surface area contributed by atoms with E-state index in [9.17, 15) is 9.59 Å². The zero-order chi connectivity index (χ0) is 11.5. The first-order valence-electron chi connectivity index (χ1n) is 5.30. The van der Waals surface area contributed by atoms with E-state index in [0.29, 0.717) is 19.4 Å². The van der Waals surface area contributed by atoms with Gasteiger partial charge in [-0.15, -0.1) is 0 Å². The Kier molecular flexibility index (Phi) is 8.76. The second kappa shape index (κ2) is 9.45. The van der Waals surface area contributed by atoms with Gasteiger partial charge in [0.05, 0.1) is 0 Å². The zero-order valence-electron chi connectivity index (χ0n) is 9.21. The number of hydrogen-bond acceptors (Lipinski definition) is 3. The lowest BCUT2D eigenvalue weighted by Crippen LogP contribution is -2.25. The molecular weight excluding hydrogens is 196 g/mol. The van der Waals surface area contributed by atoms with Crippen molar-refractivity contribution in [1.29, 1.82) is 0 Å². The number of rotatable bonds is 9. The molecule has 0 unspecified atom stereocenters. The summed E-state index contributed by atoms with van der Waals surface area (Å²) in [5.41, 5.74) is 0. The van der Waals surface area contributed by atoms with Crippen LogP contribution in [-0.4, -0.2) is 37.1 Å². The van der Waals surface area contributed by atoms with Crippen LogP contribution in [0.2, 0.25) is 0 Å². The highest BCUT2D eigenvalue weighted by Gasteiger charge is 2.00. The molecule has 0 aromatic carbocycles. The summed E-state index contributed by atoms with van der Waals surface area (Å²) >= 11 is 0. The number of carbonyl (C=O) groups excluding carboxylic acids is 1. The van der Waals surface area contributed by atoms with Crippen LogP contribution in [0.15, 0.2) is 0 Å². The Labute approximate surface area is 90.2 Å². The van der Waals surface area contributed by atoms with Gasteiger partial charge in [-0.05, 0) is 32.9 Å². The molecule has 0 spiro atoms. The number of carboxylic acids is 1. The largest absolute Gasteiger partial charge is 0.481 e. The van der Waals surface area contributed by atoms with Crippen LogP contribution in [0, 0.1) is 0 Å². The summed E-state index contributed by atoms with van der Waals surface area (Å²) in [6.07, 6.45) is 2.88. The highest BCUT2D eigenvalue weighted by Crippen LogP contribution is 1.94. The number of carbonyl (C=O) groups is 2. The number of unbranched alkanes of at least 4 members (excludes halogenated alkanes) is 1. The highest BCUT2D eigenvalue weighted by molar-refractivity contribution is 5.75. The SMILES string of the molecule is CNCCCC(=O)NCCCCC(=O)O. The average molecular weight is 216 g/mol. The molecular formula is C10H20N2O3. The van der Waals surface area contributed by atoms with Crippen molar-refractivity contribution in [3.05, 3.63) is 0 Å². The van der Waals surface area contributed by atoms with E-state index >= 15 is 0 Å².